The number of carboxylic acids is 1. The second kappa shape index (κ2) is 3.06. The highest BCUT2D eigenvalue weighted by molar-refractivity contribution is 6.24. The average molecular weight is 151 g/mol. The average Bonchev–Trinajstić information content (AvgIpc) is 1.63. The largest absolute Gasteiger partial charge is 0.481 e. The Bertz CT molecular complexity index is 110. The van der Waals surface area contributed by atoms with E-state index in [2.05, 4.69) is 0 Å². The zero-order valence-corrected chi connectivity index (χ0v) is 6.40. The minimum atomic E-state index is -0.839. The summed E-state index contributed by atoms with van der Waals surface area (Å²) in [6.07, 6.45) is 0.714. The second-order valence-corrected chi connectivity index (χ2v) is 3.25. The molecule has 0 aliphatic heterocycles. The first-order valence-corrected chi connectivity index (χ1v) is 3.26. The van der Waals surface area contributed by atoms with E-state index in [9.17, 15) is 4.79 Å². The molecule has 54 valence electrons. The van der Waals surface area contributed by atoms with Crippen LogP contribution in [0.1, 0.15) is 26.7 Å². The first-order valence-electron chi connectivity index (χ1n) is 2.88. The van der Waals surface area contributed by atoms with E-state index in [1.54, 1.807) is 6.92 Å². The van der Waals surface area contributed by atoms with E-state index in [1.165, 1.54) is 0 Å². The van der Waals surface area contributed by atoms with Gasteiger partial charge in [0, 0.05) is 0 Å². The molecule has 0 aliphatic carbocycles. The van der Waals surface area contributed by atoms with E-state index < -0.39 is 10.8 Å². The number of hydrogen-bond acceptors (Lipinski definition) is 1. The van der Waals surface area contributed by atoms with Crippen molar-refractivity contribution in [1.29, 1.82) is 0 Å². The van der Waals surface area contributed by atoms with E-state index in [1.807, 2.05) is 6.92 Å². The molecule has 0 aromatic heterocycles. The predicted molar refractivity (Wildman–Crippen MR) is 36.8 cm³/mol. The summed E-state index contributed by atoms with van der Waals surface area (Å²) in [5.41, 5.74) is 0. The van der Waals surface area contributed by atoms with Crippen LogP contribution in [0, 0.1) is 0 Å². The van der Waals surface area contributed by atoms with Crippen molar-refractivity contribution in [2.45, 2.75) is 31.6 Å². The summed E-state index contributed by atoms with van der Waals surface area (Å²) in [6.45, 7) is 3.60. The van der Waals surface area contributed by atoms with Gasteiger partial charge in [0.2, 0.25) is 0 Å². The molecule has 2 nitrogen and oxygen atoms in total. The minimum Gasteiger partial charge on any atom is -0.481 e. The first-order chi connectivity index (χ1) is 3.98. The summed E-state index contributed by atoms with van der Waals surface area (Å²) >= 11 is 5.73. The molecule has 1 unspecified atom stereocenters. The van der Waals surface area contributed by atoms with Crippen LogP contribution in [-0.2, 0) is 4.79 Å². The zero-order chi connectivity index (χ0) is 7.49. The number of rotatable bonds is 3. The Hall–Kier alpha value is -0.240. The number of carboxylic acid groups (broad SMARTS) is 1. The summed E-state index contributed by atoms with van der Waals surface area (Å²) < 4.78 is 0. The summed E-state index contributed by atoms with van der Waals surface area (Å²) in [6, 6.07) is 0. The van der Waals surface area contributed by atoms with Crippen LogP contribution in [0.2, 0.25) is 0 Å². The third-order valence-corrected chi connectivity index (χ3v) is 1.66. The fraction of sp³-hybridized carbons (Fsp3) is 0.833. The molecule has 0 saturated heterocycles. The molecule has 1 atom stereocenters. The van der Waals surface area contributed by atoms with Crippen LogP contribution in [-0.4, -0.2) is 16.0 Å². The lowest BCUT2D eigenvalue weighted by Gasteiger charge is -2.15. The Labute approximate surface area is 59.8 Å². The molecule has 0 saturated carbocycles. The van der Waals surface area contributed by atoms with Crippen LogP contribution in [0.5, 0.6) is 0 Å². The van der Waals surface area contributed by atoms with Gasteiger partial charge in [0.15, 0.2) is 0 Å². The van der Waals surface area contributed by atoms with Crippen molar-refractivity contribution in [1.82, 2.24) is 0 Å². The monoisotopic (exact) mass is 150 g/mol. The quantitative estimate of drug-likeness (QED) is 0.624. The SMILES string of the molecule is CCC(C)(Cl)CC(=O)O. The Morgan fingerprint density at radius 2 is 2.22 bits per heavy atom. The van der Waals surface area contributed by atoms with Crippen LogP contribution in [0.25, 0.3) is 0 Å². The molecule has 0 amide bonds. The molecule has 3 heteroatoms. The Kier molecular flexibility index (Phi) is 2.98. The number of hydrogen-bond donors (Lipinski definition) is 1. The molecule has 0 aromatic carbocycles. The molecule has 0 radical (unpaired) electrons. The van der Waals surface area contributed by atoms with Crippen molar-refractivity contribution in [2.24, 2.45) is 0 Å². The van der Waals surface area contributed by atoms with Crippen LogP contribution < -0.4 is 0 Å². The maximum Gasteiger partial charge on any atom is 0.305 e. The summed E-state index contributed by atoms with van der Waals surface area (Å²) in [5, 5.41) is 8.30. The van der Waals surface area contributed by atoms with Gasteiger partial charge in [-0.05, 0) is 13.3 Å². The molecule has 9 heavy (non-hydrogen) atoms. The van der Waals surface area contributed by atoms with Crippen LogP contribution in [0.3, 0.4) is 0 Å². The van der Waals surface area contributed by atoms with Gasteiger partial charge >= 0.3 is 5.97 Å². The molecular weight excluding hydrogens is 140 g/mol. The van der Waals surface area contributed by atoms with Crippen molar-refractivity contribution in [3.63, 3.8) is 0 Å². The molecule has 1 N–H and O–H groups in total. The van der Waals surface area contributed by atoms with Gasteiger partial charge in [-0.1, -0.05) is 6.92 Å². The van der Waals surface area contributed by atoms with E-state index in [0.717, 1.165) is 0 Å². The normalized spacial score (nSPS) is 16.8. The zero-order valence-electron chi connectivity index (χ0n) is 5.65. The molecule has 0 spiro atoms. The lowest BCUT2D eigenvalue weighted by Crippen LogP contribution is -2.19. The summed E-state index contributed by atoms with van der Waals surface area (Å²) in [7, 11) is 0. The summed E-state index contributed by atoms with van der Waals surface area (Å²) in [4.78, 5) is 9.53. The highest BCUT2D eigenvalue weighted by Crippen LogP contribution is 2.22. The molecule has 0 bridgehead atoms. The van der Waals surface area contributed by atoms with E-state index in [4.69, 9.17) is 16.7 Å². The van der Waals surface area contributed by atoms with Gasteiger partial charge in [-0.3, -0.25) is 4.79 Å². The van der Waals surface area contributed by atoms with Crippen molar-refractivity contribution in [2.75, 3.05) is 0 Å². The Morgan fingerprint density at radius 1 is 1.78 bits per heavy atom. The molecule has 0 aromatic rings. The first kappa shape index (κ1) is 8.76. The van der Waals surface area contributed by atoms with Crippen LogP contribution in [0.15, 0.2) is 0 Å². The second-order valence-electron chi connectivity index (χ2n) is 2.34. The van der Waals surface area contributed by atoms with Crippen molar-refractivity contribution in [3.8, 4) is 0 Å². The van der Waals surface area contributed by atoms with Gasteiger partial charge in [0.1, 0.15) is 0 Å². The molecule has 0 fully saturated rings. The van der Waals surface area contributed by atoms with Gasteiger partial charge in [-0.25, -0.2) is 0 Å². The van der Waals surface area contributed by atoms with Gasteiger partial charge in [-0.15, -0.1) is 11.6 Å². The fourth-order valence-electron chi connectivity index (χ4n) is 0.440. The van der Waals surface area contributed by atoms with E-state index >= 15 is 0 Å². The Balaban J connectivity index is 3.71. The maximum atomic E-state index is 10.1. The van der Waals surface area contributed by atoms with Gasteiger partial charge in [0.05, 0.1) is 11.3 Å². The van der Waals surface area contributed by atoms with Crippen molar-refractivity contribution < 1.29 is 9.90 Å². The molecular formula is C6H11ClO2. The van der Waals surface area contributed by atoms with E-state index in [-0.39, 0.29) is 6.42 Å². The minimum absolute atomic E-state index is 0.0328. The van der Waals surface area contributed by atoms with Crippen molar-refractivity contribution in [3.05, 3.63) is 0 Å². The molecule has 0 rings (SSSR count). The lowest BCUT2D eigenvalue weighted by molar-refractivity contribution is -0.137. The third kappa shape index (κ3) is 4.28. The van der Waals surface area contributed by atoms with Gasteiger partial charge in [0.25, 0.3) is 0 Å². The molecule has 0 heterocycles. The van der Waals surface area contributed by atoms with Gasteiger partial charge < -0.3 is 5.11 Å². The van der Waals surface area contributed by atoms with Crippen molar-refractivity contribution >= 4 is 17.6 Å². The number of aliphatic carboxylic acids is 1. The predicted octanol–water partition coefficient (Wildman–Crippen LogP) is 1.87. The third-order valence-electron chi connectivity index (χ3n) is 1.26. The number of alkyl halides is 1. The number of carbonyl (C=O) groups is 1. The topological polar surface area (TPSA) is 37.3 Å². The standard InChI is InChI=1S/C6H11ClO2/c1-3-6(2,7)4-5(8)9/h3-4H2,1-2H3,(H,8,9). The van der Waals surface area contributed by atoms with Crippen LogP contribution >= 0.6 is 11.6 Å². The van der Waals surface area contributed by atoms with E-state index in [0.29, 0.717) is 6.42 Å². The highest BCUT2D eigenvalue weighted by atomic mass is 35.5. The highest BCUT2D eigenvalue weighted by Gasteiger charge is 2.21. The molecule has 0 aliphatic rings. The Morgan fingerprint density at radius 3 is 2.33 bits per heavy atom. The van der Waals surface area contributed by atoms with Crippen LogP contribution in [0.4, 0.5) is 0 Å². The number of halogens is 1. The maximum absolute atomic E-state index is 10.1. The lowest BCUT2D eigenvalue weighted by atomic mass is 10.0. The van der Waals surface area contributed by atoms with Gasteiger partial charge in [-0.2, -0.15) is 0 Å². The summed E-state index contributed by atoms with van der Waals surface area (Å²) in [5.74, 6) is -0.839. The fourth-order valence-corrected chi connectivity index (χ4v) is 0.555. The smallest absolute Gasteiger partial charge is 0.305 e.